The van der Waals surface area contributed by atoms with Gasteiger partial charge in [-0.25, -0.2) is 4.98 Å². The molecule has 17 heavy (non-hydrogen) atoms. The summed E-state index contributed by atoms with van der Waals surface area (Å²) >= 11 is 3.31. The zero-order valence-corrected chi connectivity index (χ0v) is 11.9. The zero-order valence-electron chi connectivity index (χ0n) is 10.3. The van der Waals surface area contributed by atoms with Crippen molar-refractivity contribution in [1.29, 1.82) is 0 Å². The lowest BCUT2D eigenvalue weighted by molar-refractivity contribution is 0.104. The Balaban J connectivity index is 2.49. The van der Waals surface area contributed by atoms with Crippen LogP contribution < -0.4 is 5.56 Å². The molecule has 0 spiro atoms. The summed E-state index contributed by atoms with van der Waals surface area (Å²) in [5.41, 5.74) is 0.489. The first-order chi connectivity index (χ1) is 7.89. The Morgan fingerprint density at radius 2 is 2.18 bits per heavy atom. The SMILES string of the molecule is CC(C)(C)c1nc(C2CCCO2)[nH]c(=O)c1Br. The van der Waals surface area contributed by atoms with Crippen LogP contribution in [-0.4, -0.2) is 16.6 Å². The van der Waals surface area contributed by atoms with Gasteiger partial charge in [0.1, 0.15) is 16.4 Å². The lowest BCUT2D eigenvalue weighted by atomic mass is 9.92. The van der Waals surface area contributed by atoms with E-state index in [-0.39, 0.29) is 17.1 Å². The standard InChI is InChI=1S/C12H17BrN2O2/c1-12(2,3)9-8(13)11(16)15-10(14-9)7-5-4-6-17-7/h7H,4-6H2,1-3H3,(H,14,15,16). The van der Waals surface area contributed by atoms with Gasteiger partial charge < -0.3 is 9.72 Å². The third-order valence-electron chi connectivity index (χ3n) is 2.83. The van der Waals surface area contributed by atoms with E-state index in [0.717, 1.165) is 25.1 Å². The predicted molar refractivity (Wildman–Crippen MR) is 69.2 cm³/mol. The summed E-state index contributed by atoms with van der Waals surface area (Å²) in [7, 11) is 0. The lowest BCUT2D eigenvalue weighted by Crippen LogP contribution is -2.24. The Morgan fingerprint density at radius 3 is 2.71 bits per heavy atom. The number of rotatable bonds is 1. The molecule has 1 N–H and O–H groups in total. The Morgan fingerprint density at radius 1 is 1.47 bits per heavy atom. The molecule has 5 heteroatoms. The Kier molecular flexibility index (Phi) is 3.41. The summed E-state index contributed by atoms with van der Waals surface area (Å²) < 4.78 is 6.07. The van der Waals surface area contributed by atoms with Gasteiger partial charge in [-0.2, -0.15) is 0 Å². The fourth-order valence-corrected chi connectivity index (χ4v) is 2.70. The monoisotopic (exact) mass is 300 g/mol. The van der Waals surface area contributed by atoms with Gasteiger partial charge in [-0.1, -0.05) is 20.8 Å². The van der Waals surface area contributed by atoms with Crippen LogP contribution in [0.5, 0.6) is 0 Å². The van der Waals surface area contributed by atoms with Crippen molar-refractivity contribution in [3.63, 3.8) is 0 Å². The molecular weight excluding hydrogens is 284 g/mol. The fourth-order valence-electron chi connectivity index (χ4n) is 1.92. The van der Waals surface area contributed by atoms with Crippen LogP contribution in [0.3, 0.4) is 0 Å². The van der Waals surface area contributed by atoms with Crippen molar-refractivity contribution in [2.24, 2.45) is 0 Å². The molecule has 4 nitrogen and oxygen atoms in total. The molecule has 2 heterocycles. The van der Waals surface area contributed by atoms with Crippen LogP contribution in [0.25, 0.3) is 0 Å². The molecule has 94 valence electrons. The normalized spacial score (nSPS) is 20.8. The molecule has 0 saturated carbocycles. The van der Waals surface area contributed by atoms with Crippen LogP contribution in [0.1, 0.15) is 51.2 Å². The molecular formula is C12H17BrN2O2. The molecule has 0 bridgehead atoms. The van der Waals surface area contributed by atoms with Crippen LogP contribution in [-0.2, 0) is 10.2 Å². The van der Waals surface area contributed by atoms with Crippen molar-refractivity contribution in [2.45, 2.75) is 45.1 Å². The molecule has 0 aliphatic carbocycles. The molecule has 0 amide bonds. The van der Waals surface area contributed by atoms with E-state index in [1.165, 1.54) is 0 Å². The van der Waals surface area contributed by atoms with E-state index in [1.54, 1.807) is 0 Å². The van der Waals surface area contributed by atoms with Gasteiger partial charge in [0.15, 0.2) is 0 Å². The van der Waals surface area contributed by atoms with Crippen LogP contribution in [0.2, 0.25) is 0 Å². The highest BCUT2D eigenvalue weighted by Crippen LogP contribution is 2.29. The van der Waals surface area contributed by atoms with Crippen molar-refractivity contribution < 1.29 is 4.74 Å². The predicted octanol–water partition coefficient (Wildman–Crippen LogP) is 2.68. The third kappa shape index (κ3) is 2.60. The average molecular weight is 301 g/mol. The molecule has 0 radical (unpaired) electrons. The second kappa shape index (κ2) is 4.53. The van der Waals surface area contributed by atoms with E-state index in [4.69, 9.17) is 4.74 Å². The average Bonchev–Trinajstić information content (AvgIpc) is 2.73. The van der Waals surface area contributed by atoms with Crippen molar-refractivity contribution in [1.82, 2.24) is 9.97 Å². The highest BCUT2D eigenvalue weighted by molar-refractivity contribution is 9.10. The molecule has 1 unspecified atom stereocenters. The van der Waals surface area contributed by atoms with E-state index in [1.807, 2.05) is 20.8 Å². The molecule has 1 aromatic heterocycles. The number of nitrogens with zero attached hydrogens (tertiary/aromatic N) is 1. The van der Waals surface area contributed by atoms with Gasteiger partial charge in [-0.05, 0) is 28.8 Å². The number of aromatic nitrogens is 2. The van der Waals surface area contributed by atoms with Gasteiger partial charge in [0.05, 0.1) is 5.69 Å². The number of hydrogen-bond donors (Lipinski definition) is 1. The maximum absolute atomic E-state index is 11.9. The zero-order chi connectivity index (χ0) is 12.6. The molecule has 1 fully saturated rings. The highest BCUT2D eigenvalue weighted by Gasteiger charge is 2.26. The first-order valence-electron chi connectivity index (χ1n) is 5.81. The summed E-state index contributed by atoms with van der Waals surface area (Å²) in [6, 6.07) is 0. The second-order valence-electron chi connectivity index (χ2n) is 5.37. The molecule has 1 aliphatic rings. The molecule has 0 aromatic carbocycles. The lowest BCUT2D eigenvalue weighted by Gasteiger charge is -2.20. The number of halogens is 1. The maximum Gasteiger partial charge on any atom is 0.265 e. The summed E-state index contributed by atoms with van der Waals surface area (Å²) in [4.78, 5) is 19.2. The Hall–Kier alpha value is -0.680. The van der Waals surface area contributed by atoms with E-state index < -0.39 is 0 Å². The number of nitrogens with one attached hydrogen (secondary N) is 1. The third-order valence-corrected chi connectivity index (χ3v) is 3.56. The van der Waals surface area contributed by atoms with Gasteiger partial charge in [0.25, 0.3) is 5.56 Å². The molecule has 1 saturated heterocycles. The van der Waals surface area contributed by atoms with Gasteiger partial charge in [0, 0.05) is 12.0 Å². The topological polar surface area (TPSA) is 55.0 Å². The van der Waals surface area contributed by atoms with Gasteiger partial charge >= 0.3 is 0 Å². The number of hydrogen-bond acceptors (Lipinski definition) is 3. The summed E-state index contributed by atoms with van der Waals surface area (Å²) in [6.07, 6.45) is 1.89. The van der Waals surface area contributed by atoms with E-state index >= 15 is 0 Å². The fraction of sp³-hybridized carbons (Fsp3) is 0.667. The van der Waals surface area contributed by atoms with Crippen molar-refractivity contribution in [3.8, 4) is 0 Å². The Bertz CT molecular complexity index is 470. The molecule has 1 aromatic rings. The maximum atomic E-state index is 11.9. The second-order valence-corrected chi connectivity index (χ2v) is 6.16. The van der Waals surface area contributed by atoms with Gasteiger partial charge in [0.2, 0.25) is 0 Å². The number of aromatic amines is 1. The van der Waals surface area contributed by atoms with Crippen LogP contribution >= 0.6 is 15.9 Å². The van der Waals surface area contributed by atoms with E-state index in [2.05, 4.69) is 25.9 Å². The van der Waals surface area contributed by atoms with Gasteiger partial charge in [-0.3, -0.25) is 4.79 Å². The van der Waals surface area contributed by atoms with E-state index in [0.29, 0.717) is 10.3 Å². The van der Waals surface area contributed by atoms with Crippen LogP contribution in [0, 0.1) is 0 Å². The van der Waals surface area contributed by atoms with Crippen LogP contribution in [0.15, 0.2) is 9.27 Å². The van der Waals surface area contributed by atoms with Crippen molar-refractivity contribution in [3.05, 3.63) is 26.3 Å². The quantitative estimate of drug-likeness (QED) is 0.867. The minimum Gasteiger partial charge on any atom is -0.370 e. The van der Waals surface area contributed by atoms with Crippen LogP contribution in [0.4, 0.5) is 0 Å². The highest BCUT2D eigenvalue weighted by atomic mass is 79.9. The summed E-state index contributed by atoms with van der Waals surface area (Å²) in [5.74, 6) is 0.653. The number of H-pyrrole nitrogens is 1. The van der Waals surface area contributed by atoms with E-state index in [9.17, 15) is 4.79 Å². The smallest absolute Gasteiger partial charge is 0.265 e. The molecule has 1 aliphatic heterocycles. The summed E-state index contributed by atoms with van der Waals surface area (Å²) in [6.45, 7) is 6.87. The minimum absolute atomic E-state index is 0.0584. The number of ether oxygens (including phenoxy) is 1. The molecule has 2 rings (SSSR count). The minimum atomic E-state index is -0.166. The van der Waals surface area contributed by atoms with Gasteiger partial charge in [-0.15, -0.1) is 0 Å². The molecule has 1 atom stereocenters. The summed E-state index contributed by atoms with van der Waals surface area (Å²) in [5, 5.41) is 0. The van der Waals surface area contributed by atoms with Crippen molar-refractivity contribution in [2.75, 3.05) is 6.61 Å². The Labute approximate surface area is 109 Å². The van der Waals surface area contributed by atoms with Crippen molar-refractivity contribution >= 4 is 15.9 Å². The largest absolute Gasteiger partial charge is 0.370 e. The first-order valence-corrected chi connectivity index (χ1v) is 6.60. The first kappa shape index (κ1) is 12.8.